The first kappa shape index (κ1) is 12.6. The maximum Gasteiger partial charge on any atom is 0.122 e. The van der Waals surface area contributed by atoms with Crippen LogP contribution in [0.1, 0.15) is 21.1 Å². The Morgan fingerprint density at radius 3 is 3.10 bits per heavy atom. The number of nitrogens with zero attached hydrogens (tertiary/aromatic N) is 2. The normalized spacial score (nSPS) is 12.8. The molecule has 1 N–H and O–H groups in total. The SMILES string of the molecule is COc1cccc2c1CCc1sc(Cc3c[nH]cn3)nc1-2. The summed E-state index contributed by atoms with van der Waals surface area (Å²) >= 11 is 1.80. The number of aryl methyl sites for hydroxylation is 1. The summed E-state index contributed by atoms with van der Waals surface area (Å²) in [6, 6.07) is 6.22. The highest BCUT2D eigenvalue weighted by Crippen LogP contribution is 2.40. The van der Waals surface area contributed by atoms with Crippen molar-refractivity contribution in [2.45, 2.75) is 19.3 Å². The van der Waals surface area contributed by atoms with Crippen LogP contribution in [-0.2, 0) is 19.3 Å². The molecule has 0 saturated carbocycles. The number of rotatable bonds is 3. The van der Waals surface area contributed by atoms with Crippen LogP contribution in [0.25, 0.3) is 11.3 Å². The number of thiazole rings is 1. The van der Waals surface area contributed by atoms with Gasteiger partial charge >= 0.3 is 0 Å². The van der Waals surface area contributed by atoms with Crippen LogP contribution in [0.5, 0.6) is 5.75 Å². The van der Waals surface area contributed by atoms with Crippen LogP contribution in [0.15, 0.2) is 30.7 Å². The first-order chi connectivity index (χ1) is 10.3. The van der Waals surface area contributed by atoms with Gasteiger partial charge in [-0.25, -0.2) is 9.97 Å². The average molecular weight is 297 g/mol. The van der Waals surface area contributed by atoms with Gasteiger partial charge in [0.05, 0.1) is 29.8 Å². The Bertz CT molecular complexity index is 777. The second kappa shape index (κ2) is 5.00. The monoisotopic (exact) mass is 297 g/mol. The number of nitrogens with one attached hydrogen (secondary N) is 1. The molecule has 106 valence electrons. The smallest absolute Gasteiger partial charge is 0.122 e. The van der Waals surface area contributed by atoms with Crippen molar-refractivity contribution in [3.05, 3.63) is 51.9 Å². The van der Waals surface area contributed by atoms with Gasteiger partial charge in [0.1, 0.15) is 5.75 Å². The molecule has 4 nitrogen and oxygen atoms in total. The van der Waals surface area contributed by atoms with Crippen molar-refractivity contribution in [2.24, 2.45) is 0 Å². The molecule has 0 amide bonds. The van der Waals surface area contributed by atoms with Crippen LogP contribution in [0.4, 0.5) is 0 Å². The summed E-state index contributed by atoms with van der Waals surface area (Å²) in [7, 11) is 1.73. The predicted molar refractivity (Wildman–Crippen MR) is 82.9 cm³/mol. The van der Waals surface area contributed by atoms with E-state index in [1.165, 1.54) is 16.0 Å². The molecule has 2 aromatic heterocycles. The van der Waals surface area contributed by atoms with Gasteiger partial charge in [-0.05, 0) is 18.9 Å². The van der Waals surface area contributed by atoms with Gasteiger partial charge in [0.15, 0.2) is 0 Å². The second-order valence-electron chi connectivity index (χ2n) is 5.10. The Morgan fingerprint density at radius 2 is 2.29 bits per heavy atom. The fraction of sp³-hybridized carbons (Fsp3) is 0.250. The summed E-state index contributed by atoms with van der Waals surface area (Å²) in [5.74, 6) is 0.972. The molecule has 0 aliphatic heterocycles. The van der Waals surface area contributed by atoms with E-state index in [4.69, 9.17) is 9.72 Å². The minimum Gasteiger partial charge on any atom is -0.496 e. The number of aromatic amines is 1. The Morgan fingerprint density at radius 1 is 1.33 bits per heavy atom. The van der Waals surface area contributed by atoms with Crippen LogP contribution < -0.4 is 4.74 Å². The highest BCUT2D eigenvalue weighted by molar-refractivity contribution is 7.12. The number of ether oxygens (including phenoxy) is 1. The first-order valence-corrected chi connectivity index (χ1v) is 7.79. The zero-order valence-corrected chi connectivity index (χ0v) is 12.5. The standard InChI is InChI=1S/C16H15N3OS/c1-20-13-4-2-3-12-11(13)5-6-14-16(12)19-15(21-14)7-10-8-17-9-18-10/h2-4,8-9H,5-7H2,1H3,(H,17,18). The van der Waals surface area contributed by atoms with Crippen molar-refractivity contribution in [1.82, 2.24) is 15.0 Å². The summed E-state index contributed by atoms with van der Waals surface area (Å²) < 4.78 is 5.48. The van der Waals surface area contributed by atoms with Crippen LogP contribution >= 0.6 is 11.3 Å². The van der Waals surface area contributed by atoms with Crippen LogP contribution in [0.3, 0.4) is 0 Å². The van der Waals surface area contributed by atoms with E-state index < -0.39 is 0 Å². The summed E-state index contributed by atoms with van der Waals surface area (Å²) in [5, 5.41) is 1.13. The second-order valence-corrected chi connectivity index (χ2v) is 6.27. The number of imidazole rings is 1. The lowest BCUT2D eigenvalue weighted by molar-refractivity contribution is 0.409. The number of H-pyrrole nitrogens is 1. The molecule has 4 rings (SSSR count). The zero-order chi connectivity index (χ0) is 14.2. The zero-order valence-electron chi connectivity index (χ0n) is 11.7. The summed E-state index contributed by atoms with van der Waals surface area (Å²) in [6.45, 7) is 0. The highest BCUT2D eigenvalue weighted by atomic mass is 32.1. The number of benzene rings is 1. The third kappa shape index (κ3) is 2.14. The molecule has 21 heavy (non-hydrogen) atoms. The lowest BCUT2D eigenvalue weighted by Crippen LogP contribution is -2.04. The van der Waals surface area contributed by atoms with Gasteiger partial charge in [0, 0.05) is 28.6 Å². The molecule has 0 fully saturated rings. The molecule has 0 unspecified atom stereocenters. The number of methoxy groups -OCH3 is 1. The van der Waals surface area contributed by atoms with Gasteiger partial charge in [0.2, 0.25) is 0 Å². The fourth-order valence-electron chi connectivity index (χ4n) is 2.87. The van der Waals surface area contributed by atoms with Gasteiger partial charge in [0.25, 0.3) is 0 Å². The van der Waals surface area contributed by atoms with Crippen molar-refractivity contribution < 1.29 is 4.74 Å². The molecular weight excluding hydrogens is 282 g/mol. The van der Waals surface area contributed by atoms with E-state index in [0.717, 1.165) is 41.4 Å². The van der Waals surface area contributed by atoms with Crippen LogP contribution in [0, 0.1) is 0 Å². The Kier molecular flexibility index (Phi) is 3.00. The van der Waals surface area contributed by atoms with Gasteiger partial charge in [-0.15, -0.1) is 11.3 Å². The van der Waals surface area contributed by atoms with Gasteiger partial charge < -0.3 is 9.72 Å². The molecule has 0 bridgehead atoms. The third-order valence-electron chi connectivity index (χ3n) is 3.84. The quantitative estimate of drug-likeness (QED) is 0.807. The number of aromatic nitrogens is 3. The van der Waals surface area contributed by atoms with E-state index in [-0.39, 0.29) is 0 Å². The lowest BCUT2D eigenvalue weighted by atomic mass is 9.93. The van der Waals surface area contributed by atoms with Crippen molar-refractivity contribution >= 4 is 11.3 Å². The molecule has 1 aromatic carbocycles. The topological polar surface area (TPSA) is 50.8 Å². The van der Waals surface area contributed by atoms with E-state index in [2.05, 4.69) is 16.0 Å². The number of hydrogen-bond donors (Lipinski definition) is 1. The number of hydrogen-bond acceptors (Lipinski definition) is 4. The maximum absolute atomic E-state index is 5.48. The molecule has 0 saturated heterocycles. The molecule has 3 aromatic rings. The largest absolute Gasteiger partial charge is 0.496 e. The van der Waals surface area contributed by atoms with Gasteiger partial charge in [-0.1, -0.05) is 12.1 Å². The Hall–Kier alpha value is -2.14. The van der Waals surface area contributed by atoms with Gasteiger partial charge in [-0.3, -0.25) is 0 Å². The minimum atomic E-state index is 0.792. The predicted octanol–water partition coefficient (Wildman–Crippen LogP) is 3.23. The fourth-order valence-corrected chi connectivity index (χ4v) is 3.97. The summed E-state index contributed by atoms with van der Waals surface area (Å²) in [5.41, 5.74) is 4.67. The molecule has 0 radical (unpaired) electrons. The minimum absolute atomic E-state index is 0.792. The molecule has 1 aliphatic carbocycles. The third-order valence-corrected chi connectivity index (χ3v) is 4.95. The van der Waals surface area contributed by atoms with Crippen molar-refractivity contribution in [3.63, 3.8) is 0 Å². The maximum atomic E-state index is 5.48. The molecule has 0 atom stereocenters. The van der Waals surface area contributed by atoms with E-state index in [1.54, 1.807) is 24.8 Å². The van der Waals surface area contributed by atoms with Crippen molar-refractivity contribution in [3.8, 4) is 17.0 Å². The Labute approximate surface area is 126 Å². The van der Waals surface area contributed by atoms with Gasteiger partial charge in [-0.2, -0.15) is 0 Å². The van der Waals surface area contributed by atoms with E-state index in [0.29, 0.717) is 0 Å². The van der Waals surface area contributed by atoms with Crippen LogP contribution in [0.2, 0.25) is 0 Å². The molecular formula is C16H15N3OS. The van der Waals surface area contributed by atoms with Crippen molar-refractivity contribution in [2.75, 3.05) is 7.11 Å². The first-order valence-electron chi connectivity index (χ1n) is 6.97. The summed E-state index contributed by atoms with van der Waals surface area (Å²) in [6.07, 6.45) is 6.50. The summed E-state index contributed by atoms with van der Waals surface area (Å²) in [4.78, 5) is 13.5. The van der Waals surface area contributed by atoms with Crippen LogP contribution in [-0.4, -0.2) is 22.1 Å². The number of fused-ring (bicyclic) bond motifs is 3. The molecule has 1 aliphatic rings. The highest BCUT2D eigenvalue weighted by Gasteiger charge is 2.23. The van der Waals surface area contributed by atoms with E-state index in [1.807, 2.05) is 18.3 Å². The van der Waals surface area contributed by atoms with E-state index in [9.17, 15) is 0 Å². The van der Waals surface area contributed by atoms with Crippen molar-refractivity contribution in [1.29, 1.82) is 0 Å². The lowest BCUT2D eigenvalue weighted by Gasteiger charge is -2.17. The molecule has 2 heterocycles. The molecule has 5 heteroatoms. The molecule has 0 spiro atoms. The Balaban J connectivity index is 1.75. The van der Waals surface area contributed by atoms with E-state index >= 15 is 0 Å². The average Bonchev–Trinajstić information content (AvgIpc) is 3.15.